The normalized spacial score (nSPS) is 15.6. The van der Waals surface area contributed by atoms with E-state index in [0.717, 1.165) is 38.6 Å². The van der Waals surface area contributed by atoms with Crippen LogP contribution in [0.1, 0.15) is 49.4 Å². The standard InChI is InChI=1S/C17H25N3O2/c1-2-3-4-9-19-16(21)14-7-12-20(13-8-14)17(22)15-5-10-18-11-6-15/h5-6,10-11,14H,2-4,7-9,12-13H2,1H3,(H,19,21). The molecule has 0 radical (unpaired) electrons. The van der Waals surface area contributed by atoms with Crippen molar-refractivity contribution in [1.82, 2.24) is 15.2 Å². The molecule has 2 rings (SSSR count). The summed E-state index contributed by atoms with van der Waals surface area (Å²) in [4.78, 5) is 30.2. The first-order valence-electron chi connectivity index (χ1n) is 8.19. The van der Waals surface area contributed by atoms with Gasteiger partial charge in [-0.2, -0.15) is 0 Å². The first-order valence-corrected chi connectivity index (χ1v) is 8.19. The highest BCUT2D eigenvalue weighted by molar-refractivity contribution is 5.94. The van der Waals surface area contributed by atoms with Crippen molar-refractivity contribution < 1.29 is 9.59 Å². The molecule has 1 saturated heterocycles. The summed E-state index contributed by atoms with van der Waals surface area (Å²) >= 11 is 0. The second-order valence-corrected chi connectivity index (χ2v) is 5.80. The number of hydrogen-bond acceptors (Lipinski definition) is 3. The molecule has 0 saturated carbocycles. The van der Waals surface area contributed by atoms with Crippen LogP contribution in [-0.4, -0.2) is 41.3 Å². The van der Waals surface area contributed by atoms with E-state index >= 15 is 0 Å². The summed E-state index contributed by atoms with van der Waals surface area (Å²) in [5, 5.41) is 3.01. The third-order valence-electron chi connectivity index (χ3n) is 4.16. The van der Waals surface area contributed by atoms with Crippen LogP contribution < -0.4 is 5.32 Å². The summed E-state index contributed by atoms with van der Waals surface area (Å²) in [6, 6.07) is 3.46. The Balaban J connectivity index is 1.75. The van der Waals surface area contributed by atoms with Gasteiger partial charge in [-0.1, -0.05) is 19.8 Å². The van der Waals surface area contributed by atoms with Gasteiger partial charge in [0.1, 0.15) is 0 Å². The van der Waals surface area contributed by atoms with Gasteiger partial charge < -0.3 is 10.2 Å². The summed E-state index contributed by atoms with van der Waals surface area (Å²) in [6.45, 7) is 4.21. The van der Waals surface area contributed by atoms with Crippen LogP contribution in [0.2, 0.25) is 0 Å². The number of piperidine rings is 1. The number of likely N-dealkylation sites (tertiary alicyclic amines) is 1. The van der Waals surface area contributed by atoms with Crippen LogP contribution in [0, 0.1) is 5.92 Å². The molecule has 5 nitrogen and oxygen atoms in total. The molecule has 0 aromatic carbocycles. The molecule has 1 fully saturated rings. The Labute approximate surface area is 132 Å². The van der Waals surface area contributed by atoms with E-state index < -0.39 is 0 Å². The quantitative estimate of drug-likeness (QED) is 0.820. The van der Waals surface area contributed by atoms with Crippen molar-refractivity contribution in [3.8, 4) is 0 Å². The van der Waals surface area contributed by atoms with Crippen LogP contribution in [0.25, 0.3) is 0 Å². The van der Waals surface area contributed by atoms with Crippen molar-refractivity contribution in [2.75, 3.05) is 19.6 Å². The van der Waals surface area contributed by atoms with E-state index in [4.69, 9.17) is 0 Å². The van der Waals surface area contributed by atoms with E-state index in [1.807, 2.05) is 4.90 Å². The largest absolute Gasteiger partial charge is 0.356 e. The minimum absolute atomic E-state index is 0.0317. The van der Waals surface area contributed by atoms with Crippen LogP contribution in [0.3, 0.4) is 0 Å². The number of amides is 2. The summed E-state index contributed by atoms with van der Waals surface area (Å²) < 4.78 is 0. The molecule has 0 spiro atoms. The van der Waals surface area contributed by atoms with Crippen molar-refractivity contribution in [3.63, 3.8) is 0 Å². The maximum atomic E-state index is 12.3. The third kappa shape index (κ3) is 4.55. The average Bonchev–Trinajstić information content (AvgIpc) is 2.59. The smallest absolute Gasteiger partial charge is 0.253 e. The van der Waals surface area contributed by atoms with E-state index in [1.54, 1.807) is 24.5 Å². The van der Waals surface area contributed by atoms with E-state index in [0.29, 0.717) is 18.7 Å². The molecule has 22 heavy (non-hydrogen) atoms. The Bertz CT molecular complexity index is 482. The molecule has 2 amide bonds. The fraction of sp³-hybridized carbons (Fsp3) is 0.588. The molecule has 1 aromatic rings. The number of nitrogens with one attached hydrogen (secondary N) is 1. The molecule has 1 aliphatic rings. The molecule has 0 bridgehead atoms. The Morgan fingerprint density at radius 2 is 1.91 bits per heavy atom. The van der Waals surface area contributed by atoms with Crippen molar-refractivity contribution in [1.29, 1.82) is 0 Å². The summed E-state index contributed by atoms with van der Waals surface area (Å²) in [7, 11) is 0. The molecule has 1 N–H and O–H groups in total. The lowest BCUT2D eigenvalue weighted by Crippen LogP contribution is -2.43. The molecule has 0 atom stereocenters. The first-order chi connectivity index (χ1) is 10.7. The highest BCUT2D eigenvalue weighted by Crippen LogP contribution is 2.19. The topological polar surface area (TPSA) is 62.3 Å². The zero-order chi connectivity index (χ0) is 15.8. The van der Waals surface area contributed by atoms with Gasteiger partial charge in [0.15, 0.2) is 0 Å². The number of hydrogen-bond donors (Lipinski definition) is 1. The fourth-order valence-corrected chi connectivity index (χ4v) is 2.75. The van der Waals surface area contributed by atoms with Crippen LogP contribution in [0.15, 0.2) is 24.5 Å². The maximum Gasteiger partial charge on any atom is 0.253 e. The SMILES string of the molecule is CCCCCNC(=O)C1CCN(C(=O)c2ccncc2)CC1. The van der Waals surface area contributed by atoms with Crippen LogP contribution in [-0.2, 0) is 4.79 Å². The number of rotatable bonds is 6. The van der Waals surface area contributed by atoms with E-state index in [2.05, 4.69) is 17.2 Å². The molecule has 1 aliphatic heterocycles. The lowest BCUT2D eigenvalue weighted by atomic mass is 9.95. The second kappa shape index (κ2) is 8.51. The molecule has 5 heteroatoms. The molecule has 1 aromatic heterocycles. The number of unbranched alkanes of at least 4 members (excludes halogenated alkanes) is 2. The van der Waals surface area contributed by atoms with Crippen molar-refractivity contribution in [3.05, 3.63) is 30.1 Å². The molecular weight excluding hydrogens is 278 g/mol. The Morgan fingerprint density at radius 3 is 2.55 bits per heavy atom. The molecule has 0 unspecified atom stereocenters. The Hall–Kier alpha value is -1.91. The van der Waals surface area contributed by atoms with Gasteiger partial charge in [0.05, 0.1) is 0 Å². The predicted octanol–water partition coefficient (Wildman–Crippen LogP) is 2.24. The van der Waals surface area contributed by atoms with E-state index in [-0.39, 0.29) is 17.7 Å². The van der Waals surface area contributed by atoms with Gasteiger partial charge in [-0.05, 0) is 31.4 Å². The molecular formula is C17H25N3O2. The van der Waals surface area contributed by atoms with Gasteiger partial charge in [-0.25, -0.2) is 0 Å². The summed E-state index contributed by atoms with van der Waals surface area (Å²) in [5.74, 6) is 0.222. The van der Waals surface area contributed by atoms with Gasteiger partial charge in [0.25, 0.3) is 5.91 Å². The molecule has 120 valence electrons. The first kappa shape index (κ1) is 16.5. The van der Waals surface area contributed by atoms with Crippen LogP contribution in [0.5, 0.6) is 0 Å². The molecule has 0 aliphatic carbocycles. The van der Waals surface area contributed by atoms with Crippen molar-refractivity contribution >= 4 is 11.8 Å². The predicted molar refractivity (Wildman–Crippen MR) is 85.4 cm³/mol. The van der Waals surface area contributed by atoms with Gasteiger partial charge in [0, 0.05) is 43.5 Å². The minimum Gasteiger partial charge on any atom is -0.356 e. The monoisotopic (exact) mass is 303 g/mol. The van der Waals surface area contributed by atoms with Gasteiger partial charge >= 0.3 is 0 Å². The van der Waals surface area contributed by atoms with Crippen molar-refractivity contribution in [2.45, 2.75) is 39.0 Å². The number of nitrogens with zero attached hydrogens (tertiary/aromatic N) is 2. The number of carbonyl (C=O) groups excluding carboxylic acids is 2. The lowest BCUT2D eigenvalue weighted by Gasteiger charge is -2.31. The zero-order valence-corrected chi connectivity index (χ0v) is 13.3. The number of carbonyl (C=O) groups is 2. The summed E-state index contributed by atoms with van der Waals surface area (Å²) in [5.41, 5.74) is 0.664. The zero-order valence-electron chi connectivity index (χ0n) is 13.3. The number of pyridine rings is 1. The average molecular weight is 303 g/mol. The van der Waals surface area contributed by atoms with Crippen LogP contribution in [0.4, 0.5) is 0 Å². The highest BCUT2D eigenvalue weighted by Gasteiger charge is 2.27. The fourth-order valence-electron chi connectivity index (χ4n) is 2.75. The van der Waals surface area contributed by atoms with E-state index in [1.165, 1.54) is 0 Å². The molecule has 2 heterocycles. The maximum absolute atomic E-state index is 12.3. The third-order valence-corrected chi connectivity index (χ3v) is 4.16. The van der Waals surface area contributed by atoms with Crippen molar-refractivity contribution in [2.24, 2.45) is 5.92 Å². The minimum atomic E-state index is 0.0317. The van der Waals surface area contributed by atoms with E-state index in [9.17, 15) is 9.59 Å². The lowest BCUT2D eigenvalue weighted by molar-refractivity contribution is -0.126. The van der Waals surface area contributed by atoms with Crippen LogP contribution >= 0.6 is 0 Å². The Kier molecular flexibility index (Phi) is 6.37. The van der Waals surface area contributed by atoms with Gasteiger partial charge in [0.2, 0.25) is 5.91 Å². The summed E-state index contributed by atoms with van der Waals surface area (Å²) in [6.07, 6.45) is 8.10. The van der Waals surface area contributed by atoms with Gasteiger partial charge in [-0.3, -0.25) is 14.6 Å². The second-order valence-electron chi connectivity index (χ2n) is 5.80. The number of aromatic nitrogens is 1. The van der Waals surface area contributed by atoms with Gasteiger partial charge in [-0.15, -0.1) is 0 Å². The Morgan fingerprint density at radius 1 is 1.23 bits per heavy atom. The highest BCUT2D eigenvalue weighted by atomic mass is 16.2.